The number of nitro benzene ring substituents is 1. The van der Waals surface area contributed by atoms with Crippen LogP contribution in [-0.4, -0.2) is 44.1 Å². The second-order valence-corrected chi connectivity index (χ2v) is 9.19. The number of nitro groups is 1. The van der Waals surface area contributed by atoms with Gasteiger partial charge in [-0.15, -0.1) is 11.8 Å². The molecule has 0 spiro atoms. The Kier molecular flexibility index (Phi) is 5.53. The molecule has 1 aromatic rings. The molecular formula is C18H19N3O5S2. The van der Waals surface area contributed by atoms with Gasteiger partial charge in [0.25, 0.3) is 11.6 Å². The van der Waals surface area contributed by atoms with Crippen LogP contribution in [0.25, 0.3) is 0 Å². The predicted molar refractivity (Wildman–Crippen MR) is 108 cm³/mol. The molecule has 1 aromatic carbocycles. The van der Waals surface area contributed by atoms with E-state index in [1.165, 1.54) is 28.8 Å². The van der Waals surface area contributed by atoms with Crippen LogP contribution in [0.1, 0.15) is 27.7 Å². The molecule has 0 saturated carbocycles. The predicted octanol–water partition coefficient (Wildman–Crippen LogP) is 3.57. The standard InChI is InChI=1S/C18H19N3O5S2/c1-10-9-27-16-13(19-28-12-7-5-11(6-8-12)21(24)25)15(22)20(16)14(10)17(23)26-18(2,3)4/h5-8,16H,9H2,1-4H3/t16-/m1/s1. The Bertz CT molecular complexity index is 903. The number of benzene rings is 1. The maximum absolute atomic E-state index is 12.6. The lowest BCUT2D eigenvalue weighted by molar-refractivity contribution is -0.384. The SMILES string of the molecule is CC1=C(C(=O)OC(C)(C)C)N2C(=O)C(=NSc3ccc([N+](=O)[O-])cc3)[C@H]2SC1. The van der Waals surface area contributed by atoms with Crippen molar-refractivity contribution in [2.45, 2.75) is 43.6 Å². The molecule has 0 aromatic heterocycles. The zero-order chi connectivity index (χ0) is 20.6. The number of hydrogen-bond acceptors (Lipinski definition) is 8. The van der Waals surface area contributed by atoms with E-state index >= 15 is 0 Å². The fourth-order valence-electron chi connectivity index (χ4n) is 2.66. The first-order chi connectivity index (χ1) is 13.1. The Morgan fingerprint density at radius 1 is 1.36 bits per heavy atom. The van der Waals surface area contributed by atoms with Crippen molar-refractivity contribution in [3.05, 3.63) is 45.6 Å². The molecule has 1 atom stereocenters. The van der Waals surface area contributed by atoms with Gasteiger partial charge in [-0.3, -0.25) is 19.8 Å². The average Bonchev–Trinajstić information content (AvgIpc) is 2.60. The van der Waals surface area contributed by atoms with E-state index in [0.717, 1.165) is 17.5 Å². The van der Waals surface area contributed by atoms with Crippen LogP contribution in [0.2, 0.25) is 0 Å². The molecular weight excluding hydrogens is 402 g/mol. The Balaban J connectivity index is 1.75. The lowest BCUT2D eigenvalue weighted by Crippen LogP contribution is -2.62. The van der Waals surface area contributed by atoms with Gasteiger partial charge in [0, 0.05) is 34.7 Å². The molecule has 0 aliphatic carbocycles. The van der Waals surface area contributed by atoms with Gasteiger partial charge in [0.15, 0.2) is 0 Å². The Labute approximate surface area is 170 Å². The van der Waals surface area contributed by atoms with E-state index in [1.807, 2.05) is 6.92 Å². The highest BCUT2D eigenvalue weighted by Crippen LogP contribution is 2.40. The van der Waals surface area contributed by atoms with Crippen molar-refractivity contribution < 1.29 is 19.2 Å². The molecule has 10 heteroatoms. The van der Waals surface area contributed by atoms with Crippen molar-refractivity contribution in [2.75, 3.05) is 5.75 Å². The number of fused-ring (bicyclic) bond motifs is 1. The highest BCUT2D eigenvalue weighted by molar-refractivity contribution is 8.01. The van der Waals surface area contributed by atoms with Gasteiger partial charge in [0.1, 0.15) is 22.4 Å². The van der Waals surface area contributed by atoms with Gasteiger partial charge in [0.2, 0.25) is 0 Å². The normalized spacial score (nSPS) is 20.7. The molecule has 2 aliphatic rings. The number of esters is 1. The number of nitrogens with zero attached hydrogens (tertiary/aromatic N) is 3. The summed E-state index contributed by atoms with van der Waals surface area (Å²) in [6.45, 7) is 7.15. The summed E-state index contributed by atoms with van der Waals surface area (Å²) in [5.74, 6) is -0.234. The number of thioether (sulfide) groups is 1. The van der Waals surface area contributed by atoms with E-state index in [0.29, 0.717) is 22.1 Å². The van der Waals surface area contributed by atoms with Gasteiger partial charge < -0.3 is 4.74 Å². The highest BCUT2D eigenvalue weighted by Gasteiger charge is 2.51. The number of hydrogen-bond donors (Lipinski definition) is 0. The molecule has 1 saturated heterocycles. The quantitative estimate of drug-likeness (QED) is 0.241. The molecule has 0 radical (unpaired) electrons. The Morgan fingerprint density at radius 2 is 2.00 bits per heavy atom. The minimum absolute atomic E-state index is 0.00616. The van der Waals surface area contributed by atoms with Gasteiger partial charge >= 0.3 is 5.97 Å². The number of carbonyl (C=O) groups is 2. The summed E-state index contributed by atoms with van der Waals surface area (Å²) < 4.78 is 9.75. The smallest absolute Gasteiger partial charge is 0.355 e. The highest BCUT2D eigenvalue weighted by atomic mass is 32.2. The van der Waals surface area contributed by atoms with E-state index in [4.69, 9.17) is 4.74 Å². The maximum Gasteiger partial charge on any atom is 0.355 e. The first-order valence-electron chi connectivity index (χ1n) is 8.46. The fourth-order valence-corrected chi connectivity index (χ4v) is 4.57. The monoisotopic (exact) mass is 421 g/mol. The van der Waals surface area contributed by atoms with Gasteiger partial charge in [-0.2, -0.15) is 0 Å². The molecule has 1 amide bonds. The second kappa shape index (κ2) is 7.59. The molecule has 3 rings (SSSR count). The van der Waals surface area contributed by atoms with Crippen LogP contribution in [0.5, 0.6) is 0 Å². The molecule has 2 aliphatic heterocycles. The lowest BCUT2D eigenvalue weighted by Gasteiger charge is -2.44. The van der Waals surface area contributed by atoms with Crippen LogP contribution in [0, 0.1) is 10.1 Å². The van der Waals surface area contributed by atoms with Gasteiger partial charge in [0.05, 0.1) is 4.92 Å². The van der Waals surface area contributed by atoms with E-state index in [9.17, 15) is 19.7 Å². The van der Waals surface area contributed by atoms with Crippen molar-refractivity contribution in [1.82, 2.24) is 4.90 Å². The number of rotatable bonds is 4. The average molecular weight is 422 g/mol. The van der Waals surface area contributed by atoms with Crippen molar-refractivity contribution in [1.29, 1.82) is 0 Å². The fraction of sp³-hybridized carbons (Fsp3) is 0.389. The topological polar surface area (TPSA) is 102 Å². The van der Waals surface area contributed by atoms with Crippen LogP contribution in [0.15, 0.2) is 44.8 Å². The number of amides is 1. The largest absolute Gasteiger partial charge is 0.455 e. The van der Waals surface area contributed by atoms with E-state index in [-0.39, 0.29) is 17.0 Å². The maximum atomic E-state index is 12.6. The summed E-state index contributed by atoms with van der Waals surface area (Å²) >= 11 is 2.60. The number of β-lactam (4-membered cyclic amide) rings is 1. The van der Waals surface area contributed by atoms with Crippen LogP contribution in [0.3, 0.4) is 0 Å². The number of ether oxygens (including phenoxy) is 1. The molecule has 1 fully saturated rings. The first kappa shape index (κ1) is 20.4. The van der Waals surface area contributed by atoms with Crippen LogP contribution in [-0.2, 0) is 14.3 Å². The third-order valence-corrected chi connectivity index (χ3v) is 6.02. The van der Waals surface area contributed by atoms with E-state index in [1.54, 1.807) is 32.9 Å². The molecule has 0 unspecified atom stereocenters. The third-order valence-electron chi connectivity index (χ3n) is 3.90. The Morgan fingerprint density at radius 3 is 2.57 bits per heavy atom. The van der Waals surface area contributed by atoms with Gasteiger partial charge in [-0.1, -0.05) is 0 Å². The summed E-state index contributed by atoms with van der Waals surface area (Å²) in [6.07, 6.45) is 0. The van der Waals surface area contributed by atoms with Crippen molar-refractivity contribution >= 4 is 47.0 Å². The zero-order valence-corrected chi connectivity index (χ0v) is 17.4. The molecule has 28 heavy (non-hydrogen) atoms. The van der Waals surface area contributed by atoms with Gasteiger partial charge in [-0.05, 0) is 45.4 Å². The molecule has 148 valence electrons. The minimum Gasteiger partial charge on any atom is -0.455 e. The number of carbonyl (C=O) groups excluding carboxylic acids is 2. The molecule has 8 nitrogen and oxygen atoms in total. The molecule has 0 bridgehead atoms. The van der Waals surface area contributed by atoms with Crippen molar-refractivity contribution in [2.24, 2.45) is 4.40 Å². The summed E-state index contributed by atoms with van der Waals surface area (Å²) in [5, 5.41) is 10.4. The molecule has 2 heterocycles. The van der Waals surface area contributed by atoms with Gasteiger partial charge in [-0.25, -0.2) is 9.19 Å². The summed E-state index contributed by atoms with van der Waals surface area (Å²) in [5.41, 5.74) is 0.797. The summed E-state index contributed by atoms with van der Waals surface area (Å²) in [7, 11) is 0. The minimum atomic E-state index is -0.652. The summed E-state index contributed by atoms with van der Waals surface area (Å²) in [6, 6.07) is 5.94. The van der Waals surface area contributed by atoms with Crippen LogP contribution < -0.4 is 0 Å². The van der Waals surface area contributed by atoms with Crippen LogP contribution in [0.4, 0.5) is 5.69 Å². The van der Waals surface area contributed by atoms with Crippen LogP contribution >= 0.6 is 23.7 Å². The summed E-state index contributed by atoms with van der Waals surface area (Å²) in [4.78, 5) is 37.5. The lowest BCUT2D eigenvalue weighted by atomic mass is 10.1. The third kappa shape index (κ3) is 4.07. The number of non-ortho nitro benzene ring substituents is 1. The van der Waals surface area contributed by atoms with Crippen molar-refractivity contribution in [3.8, 4) is 0 Å². The first-order valence-corrected chi connectivity index (χ1v) is 10.3. The zero-order valence-electron chi connectivity index (χ0n) is 15.8. The van der Waals surface area contributed by atoms with E-state index in [2.05, 4.69) is 4.40 Å². The van der Waals surface area contributed by atoms with E-state index < -0.39 is 16.5 Å². The van der Waals surface area contributed by atoms with Crippen molar-refractivity contribution in [3.63, 3.8) is 0 Å². The second-order valence-electron chi connectivity index (χ2n) is 7.29. The molecule has 0 N–H and O–H groups in total. The Hall–Kier alpha value is -2.33.